The molecular formula is C18H23N5O2. The van der Waals surface area contributed by atoms with E-state index in [-0.39, 0.29) is 5.91 Å². The van der Waals surface area contributed by atoms with E-state index in [0.29, 0.717) is 11.5 Å². The van der Waals surface area contributed by atoms with Crippen molar-refractivity contribution in [2.75, 3.05) is 50.0 Å². The van der Waals surface area contributed by atoms with Gasteiger partial charge in [-0.15, -0.1) is 10.2 Å². The average Bonchev–Trinajstić information content (AvgIpc) is 2.63. The van der Waals surface area contributed by atoms with Crippen LogP contribution in [0.1, 0.15) is 16.1 Å². The van der Waals surface area contributed by atoms with Crippen molar-refractivity contribution in [1.29, 1.82) is 0 Å². The summed E-state index contributed by atoms with van der Waals surface area (Å²) in [5, 5.41) is 14.1. The average molecular weight is 341 g/mol. The summed E-state index contributed by atoms with van der Waals surface area (Å²) in [7, 11) is 0. The maximum Gasteiger partial charge on any atom is 0.276 e. The van der Waals surface area contributed by atoms with E-state index in [9.17, 15) is 4.79 Å². The number of carbonyl (C=O) groups is 1. The van der Waals surface area contributed by atoms with E-state index >= 15 is 0 Å². The third-order valence-electron chi connectivity index (χ3n) is 4.01. The molecule has 0 spiro atoms. The fourth-order valence-electron chi connectivity index (χ4n) is 2.63. The second-order valence-electron chi connectivity index (χ2n) is 6.01. The van der Waals surface area contributed by atoms with Crippen molar-refractivity contribution < 1.29 is 9.53 Å². The summed E-state index contributed by atoms with van der Waals surface area (Å²) in [5.74, 6) is 0.401. The Morgan fingerprint density at radius 3 is 2.76 bits per heavy atom. The van der Waals surface area contributed by atoms with Crippen molar-refractivity contribution in [2.24, 2.45) is 0 Å². The Bertz CT molecular complexity index is 699. The topological polar surface area (TPSA) is 79.4 Å². The predicted octanol–water partition coefficient (Wildman–Crippen LogP) is 1.78. The number of aryl methyl sites for hydroxylation is 1. The van der Waals surface area contributed by atoms with Gasteiger partial charge in [0.2, 0.25) is 0 Å². The molecule has 7 heteroatoms. The van der Waals surface area contributed by atoms with Crippen LogP contribution in [0.4, 0.5) is 11.5 Å². The van der Waals surface area contributed by atoms with E-state index < -0.39 is 0 Å². The Hall–Kier alpha value is -2.51. The lowest BCUT2D eigenvalue weighted by molar-refractivity contribution is 0.0398. The normalized spacial score (nSPS) is 14.9. The number of ether oxygens (including phenoxy) is 1. The Morgan fingerprint density at radius 1 is 1.20 bits per heavy atom. The van der Waals surface area contributed by atoms with Crippen LogP contribution in [0.25, 0.3) is 0 Å². The summed E-state index contributed by atoms with van der Waals surface area (Å²) < 4.78 is 5.33. The molecule has 0 bridgehead atoms. The maximum absolute atomic E-state index is 12.2. The van der Waals surface area contributed by atoms with E-state index in [0.717, 1.165) is 50.6 Å². The van der Waals surface area contributed by atoms with Crippen LogP contribution >= 0.6 is 0 Å². The molecule has 1 aromatic heterocycles. The molecule has 0 radical (unpaired) electrons. The van der Waals surface area contributed by atoms with Crippen LogP contribution in [0, 0.1) is 6.92 Å². The number of carbonyl (C=O) groups excluding carboxylic acids is 1. The quantitative estimate of drug-likeness (QED) is 0.834. The van der Waals surface area contributed by atoms with Gasteiger partial charge in [0.05, 0.1) is 13.2 Å². The molecule has 25 heavy (non-hydrogen) atoms. The molecule has 1 aliphatic rings. The molecule has 132 valence electrons. The molecule has 3 rings (SSSR count). The van der Waals surface area contributed by atoms with Gasteiger partial charge in [0.25, 0.3) is 5.91 Å². The minimum absolute atomic E-state index is 0.266. The molecule has 1 aromatic carbocycles. The molecular weight excluding hydrogens is 318 g/mol. The number of anilines is 2. The highest BCUT2D eigenvalue weighted by Gasteiger charge is 2.11. The first-order valence-electron chi connectivity index (χ1n) is 8.46. The zero-order valence-electron chi connectivity index (χ0n) is 14.4. The Labute approximate surface area is 147 Å². The van der Waals surface area contributed by atoms with E-state index in [1.165, 1.54) is 0 Å². The van der Waals surface area contributed by atoms with Crippen molar-refractivity contribution in [3.8, 4) is 0 Å². The van der Waals surface area contributed by atoms with Crippen LogP contribution in [0.2, 0.25) is 0 Å². The fraction of sp³-hybridized carbons (Fsp3) is 0.389. The van der Waals surface area contributed by atoms with Crippen LogP contribution in [0.15, 0.2) is 36.4 Å². The van der Waals surface area contributed by atoms with Gasteiger partial charge in [-0.3, -0.25) is 9.69 Å². The number of nitrogens with zero attached hydrogens (tertiary/aromatic N) is 3. The largest absolute Gasteiger partial charge is 0.379 e. The van der Waals surface area contributed by atoms with Gasteiger partial charge in [-0.25, -0.2) is 0 Å². The molecule has 1 fully saturated rings. The standard InChI is InChI=1S/C18H23N5O2/c1-14-3-2-4-15(13-14)20-18(24)16-5-6-17(22-21-16)19-7-8-23-9-11-25-12-10-23/h2-6,13H,7-12H2,1H3,(H,19,22)(H,20,24). The van der Waals surface area contributed by atoms with Gasteiger partial charge in [0.1, 0.15) is 5.82 Å². The highest BCUT2D eigenvalue weighted by Crippen LogP contribution is 2.11. The summed E-state index contributed by atoms with van der Waals surface area (Å²) in [4.78, 5) is 14.5. The lowest BCUT2D eigenvalue weighted by atomic mass is 10.2. The van der Waals surface area contributed by atoms with Crippen molar-refractivity contribution >= 4 is 17.4 Å². The van der Waals surface area contributed by atoms with Crippen molar-refractivity contribution in [1.82, 2.24) is 15.1 Å². The van der Waals surface area contributed by atoms with E-state index in [1.54, 1.807) is 12.1 Å². The highest BCUT2D eigenvalue weighted by atomic mass is 16.5. The third kappa shape index (κ3) is 5.23. The molecule has 1 amide bonds. The van der Waals surface area contributed by atoms with Crippen molar-refractivity contribution in [2.45, 2.75) is 6.92 Å². The number of aromatic nitrogens is 2. The molecule has 0 atom stereocenters. The number of hydrogen-bond acceptors (Lipinski definition) is 6. The van der Waals surface area contributed by atoms with Crippen LogP contribution < -0.4 is 10.6 Å². The first-order chi connectivity index (χ1) is 12.2. The van der Waals surface area contributed by atoms with Crippen molar-refractivity contribution in [3.05, 3.63) is 47.7 Å². The van der Waals surface area contributed by atoms with Gasteiger partial charge in [-0.05, 0) is 36.8 Å². The molecule has 2 aromatic rings. The first kappa shape index (κ1) is 17.3. The number of nitrogens with one attached hydrogen (secondary N) is 2. The van der Waals surface area contributed by atoms with Gasteiger partial charge < -0.3 is 15.4 Å². The number of rotatable bonds is 6. The Balaban J connectivity index is 1.48. The summed E-state index contributed by atoms with van der Waals surface area (Å²) in [6, 6.07) is 11.1. The molecule has 0 saturated carbocycles. The summed E-state index contributed by atoms with van der Waals surface area (Å²) >= 11 is 0. The highest BCUT2D eigenvalue weighted by molar-refractivity contribution is 6.02. The summed E-state index contributed by atoms with van der Waals surface area (Å²) in [5.41, 5.74) is 2.13. The second-order valence-corrected chi connectivity index (χ2v) is 6.01. The minimum atomic E-state index is -0.266. The minimum Gasteiger partial charge on any atom is -0.379 e. The summed E-state index contributed by atoms with van der Waals surface area (Å²) in [6.45, 7) is 7.21. The van der Waals surface area contributed by atoms with E-state index in [4.69, 9.17) is 4.74 Å². The fourth-order valence-corrected chi connectivity index (χ4v) is 2.63. The number of benzene rings is 1. The molecule has 0 aliphatic carbocycles. The van der Waals surface area contributed by atoms with E-state index in [1.807, 2.05) is 31.2 Å². The van der Waals surface area contributed by atoms with Crippen LogP contribution in [0.5, 0.6) is 0 Å². The number of hydrogen-bond donors (Lipinski definition) is 2. The zero-order chi connectivity index (χ0) is 17.5. The summed E-state index contributed by atoms with van der Waals surface area (Å²) in [6.07, 6.45) is 0. The Morgan fingerprint density at radius 2 is 2.04 bits per heavy atom. The van der Waals surface area contributed by atoms with Gasteiger partial charge >= 0.3 is 0 Å². The molecule has 1 aliphatic heterocycles. The second kappa shape index (κ2) is 8.55. The molecule has 7 nitrogen and oxygen atoms in total. The molecule has 0 unspecified atom stereocenters. The Kier molecular flexibility index (Phi) is 5.92. The smallest absolute Gasteiger partial charge is 0.276 e. The van der Waals surface area contributed by atoms with Crippen LogP contribution in [-0.2, 0) is 4.74 Å². The third-order valence-corrected chi connectivity index (χ3v) is 4.01. The predicted molar refractivity (Wildman–Crippen MR) is 96.9 cm³/mol. The molecule has 2 N–H and O–H groups in total. The van der Waals surface area contributed by atoms with Crippen LogP contribution in [0.3, 0.4) is 0 Å². The zero-order valence-corrected chi connectivity index (χ0v) is 14.4. The van der Waals surface area contributed by atoms with Gasteiger partial charge in [0.15, 0.2) is 5.69 Å². The van der Waals surface area contributed by atoms with Gasteiger partial charge in [0, 0.05) is 31.9 Å². The number of amides is 1. The monoisotopic (exact) mass is 341 g/mol. The maximum atomic E-state index is 12.2. The van der Waals surface area contributed by atoms with Gasteiger partial charge in [-0.2, -0.15) is 0 Å². The SMILES string of the molecule is Cc1cccc(NC(=O)c2ccc(NCCN3CCOCC3)nn2)c1. The van der Waals surface area contributed by atoms with Crippen LogP contribution in [-0.4, -0.2) is 60.4 Å². The first-order valence-corrected chi connectivity index (χ1v) is 8.46. The van der Waals surface area contributed by atoms with E-state index in [2.05, 4.69) is 25.7 Å². The molecule has 2 heterocycles. The van der Waals surface area contributed by atoms with Gasteiger partial charge in [-0.1, -0.05) is 12.1 Å². The lowest BCUT2D eigenvalue weighted by Gasteiger charge is -2.26. The number of morpholine rings is 1. The molecule has 1 saturated heterocycles. The lowest BCUT2D eigenvalue weighted by Crippen LogP contribution is -2.39. The van der Waals surface area contributed by atoms with Crippen molar-refractivity contribution in [3.63, 3.8) is 0 Å².